The van der Waals surface area contributed by atoms with E-state index in [1.165, 1.54) is 12.1 Å². The molecule has 0 N–H and O–H groups in total. The fourth-order valence-electron chi connectivity index (χ4n) is 9.69. The molecule has 65 heavy (non-hydrogen) atoms. The molecule has 12 rings (SSSR count). The topological polar surface area (TPSA) is 33.6 Å². The zero-order valence-corrected chi connectivity index (χ0v) is 35.2. The van der Waals surface area contributed by atoms with Crippen LogP contribution >= 0.6 is 0 Å². The van der Waals surface area contributed by atoms with Crippen molar-refractivity contribution >= 4 is 43.6 Å². The Hall–Kier alpha value is -8.78. The van der Waals surface area contributed by atoms with Gasteiger partial charge in [0.2, 0.25) is 0 Å². The SMILES string of the molecule is N#Cc1c(-n2c3ccc(-c4ccccc4)cc3c3cc(-c4ccccc4)ccc32)cc(-c2ccc(F)cc2)cc1-n1c2ccc(-c3ccccc3)cc2c2cc(-c3ccccc3)ccc21. The Morgan fingerprint density at radius 2 is 0.569 bits per heavy atom. The average Bonchev–Trinajstić information content (AvgIpc) is 3.88. The maximum atomic E-state index is 14.6. The van der Waals surface area contributed by atoms with Gasteiger partial charge in [-0.05, 0) is 128 Å². The number of rotatable bonds is 7. The molecular weight excluding hydrogens is 794 g/mol. The third-order valence-corrected chi connectivity index (χ3v) is 12.8. The predicted molar refractivity (Wildman–Crippen MR) is 267 cm³/mol. The number of nitriles is 1. The van der Waals surface area contributed by atoms with E-state index >= 15 is 0 Å². The van der Waals surface area contributed by atoms with E-state index in [9.17, 15) is 9.65 Å². The van der Waals surface area contributed by atoms with Crippen LogP contribution in [0.25, 0.3) is 111 Å². The van der Waals surface area contributed by atoms with Crippen molar-refractivity contribution in [1.82, 2.24) is 9.13 Å². The lowest BCUT2D eigenvalue weighted by Crippen LogP contribution is -2.05. The normalized spacial score (nSPS) is 11.4. The summed E-state index contributed by atoms with van der Waals surface area (Å²) in [4.78, 5) is 0. The van der Waals surface area contributed by atoms with Crippen molar-refractivity contribution in [2.45, 2.75) is 0 Å². The van der Waals surface area contributed by atoms with Crippen molar-refractivity contribution in [3.05, 3.63) is 242 Å². The molecule has 0 atom stereocenters. The lowest BCUT2D eigenvalue weighted by Gasteiger charge is -2.19. The second-order valence-electron chi connectivity index (χ2n) is 16.6. The number of nitrogens with zero attached hydrogens (tertiary/aromatic N) is 3. The van der Waals surface area contributed by atoms with Gasteiger partial charge in [-0.25, -0.2) is 4.39 Å². The summed E-state index contributed by atoms with van der Waals surface area (Å²) in [6, 6.07) is 81.9. The van der Waals surface area contributed by atoms with Crippen LogP contribution in [0.2, 0.25) is 0 Å². The van der Waals surface area contributed by atoms with Crippen LogP contribution in [0.4, 0.5) is 4.39 Å². The molecule has 0 saturated heterocycles. The summed E-state index contributed by atoms with van der Waals surface area (Å²) in [5.41, 5.74) is 16.6. The molecule has 3 nitrogen and oxygen atoms in total. The van der Waals surface area contributed by atoms with Gasteiger partial charge in [0, 0.05) is 21.5 Å². The average molecular weight is 832 g/mol. The van der Waals surface area contributed by atoms with Crippen molar-refractivity contribution in [2.24, 2.45) is 0 Å². The quantitative estimate of drug-likeness (QED) is 0.157. The van der Waals surface area contributed by atoms with Crippen molar-refractivity contribution in [3.8, 4) is 73.1 Å². The first-order valence-electron chi connectivity index (χ1n) is 21.8. The van der Waals surface area contributed by atoms with Crippen molar-refractivity contribution < 1.29 is 4.39 Å². The smallest absolute Gasteiger partial charge is 0.123 e. The number of hydrogen-bond acceptors (Lipinski definition) is 1. The molecule has 0 aliphatic heterocycles. The Bertz CT molecular complexity index is 3390. The first kappa shape index (κ1) is 37.9. The lowest BCUT2D eigenvalue weighted by atomic mass is 9.99. The van der Waals surface area contributed by atoms with E-state index in [0.29, 0.717) is 5.56 Å². The highest BCUT2D eigenvalue weighted by atomic mass is 19.1. The zero-order valence-electron chi connectivity index (χ0n) is 35.2. The van der Waals surface area contributed by atoms with E-state index in [-0.39, 0.29) is 5.82 Å². The number of halogens is 1. The molecule has 2 heterocycles. The van der Waals surface area contributed by atoms with Gasteiger partial charge in [-0.2, -0.15) is 5.26 Å². The minimum atomic E-state index is -0.306. The largest absolute Gasteiger partial charge is 0.308 e. The molecule has 0 radical (unpaired) electrons. The van der Waals surface area contributed by atoms with Crippen LogP contribution in [0, 0.1) is 17.1 Å². The van der Waals surface area contributed by atoms with Crippen LogP contribution in [-0.4, -0.2) is 9.13 Å². The highest BCUT2D eigenvalue weighted by molar-refractivity contribution is 6.14. The predicted octanol–water partition coefficient (Wildman–Crippen LogP) is 16.2. The zero-order chi connectivity index (χ0) is 43.4. The fraction of sp³-hybridized carbons (Fsp3) is 0. The Morgan fingerprint density at radius 1 is 0.292 bits per heavy atom. The summed E-state index contributed by atoms with van der Waals surface area (Å²) in [5, 5.41) is 15.9. The van der Waals surface area contributed by atoms with Gasteiger partial charge in [0.05, 0.1) is 33.4 Å². The molecule has 0 aliphatic rings. The van der Waals surface area contributed by atoms with Crippen LogP contribution in [0.5, 0.6) is 0 Å². The Morgan fingerprint density at radius 3 is 0.862 bits per heavy atom. The van der Waals surface area contributed by atoms with Crippen LogP contribution in [0.15, 0.2) is 231 Å². The molecule has 0 fully saturated rings. The van der Waals surface area contributed by atoms with Crippen LogP contribution in [0.3, 0.4) is 0 Å². The first-order chi connectivity index (χ1) is 32.1. The highest BCUT2D eigenvalue weighted by Crippen LogP contribution is 2.43. The third kappa shape index (κ3) is 6.49. The second kappa shape index (κ2) is 15.5. The van der Waals surface area contributed by atoms with E-state index in [1.54, 1.807) is 0 Å². The van der Waals surface area contributed by atoms with Crippen LogP contribution in [0.1, 0.15) is 5.56 Å². The maximum absolute atomic E-state index is 14.6. The summed E-state index contributed by atoms with van der Waals surface area (Å²) >= 11 is 0. The van der Waals surface area contributed by atoms with Gasteiger partial charge in [-0.15, -0.1) is 0 Å². The van der Waals surface area contributed by atoms with Gasteiger partial charge < -0.3 is 9.13 Å². The molecule has 0 saturated carbocycles. The molecule has 12 aromatic rings. The van der Waals surface area contributed by atoms with Crippen molar-refractivity contribution in [1.29, 1.82) is 5.26 Å². The molecule has 0 unspecified atom stereocenters. The molecule has 0 aliphatic carbocycles. The van der Waals surface area contributed by atoms with Gasteiger partial charge in [0.1, 0.15) is 17.4 Å². The molecular formula is C61H38FN3. The standard InChI is InChI=1S/C61H38FN3/c62-50-27-21-44(22-28-50)49-37-60(64-56-29-23-45(40-13-5-1-6-14-40)33-51(56)52-34-46(24-30-57(52)64)41-15-7-2-8-16-41)55(39-63)61(38-49)65-58-31-25-47(42-17-9-3-10-18-42)35-53(58)54-36-48(26-32-59(54)65)43-19-11-4-12-20-43/h1-38H. The van der Waals surface area contributed by atoms with Gasteiger partial charge in [0.25, 0.3) is 0 Å². The lowest BCUT2D eigenvalue weighted by molar-refractivity contribution is 0.628. The molecule has 0 amide bonds. The summed E-state index contributed by atoms with van der Waals surface area (Å²) in [6.07, 6.45) is 0. The summed E-state index contributed by atoms with van der Waals surface area (Å²) in [5.74, 6) is -0.306. The summed E-state index contributed by atoms with van der Waals surface area (Å²) in [6.45, 7) is 0. The fourth-order valence-corrected chi connectivity index (χ4v) is 9.69. The van der Waals surface area contributed by atoms with Gasteiger partial charge in [0.15, 0.2) is 0 Å². The number of benzene rings is 10. The molecule has 304 valence electrons. The van der Waals surface area contributed by atoms with Crippen molar-refractivity contribution in [2.75, 3.05) is 0 Å². The molecule has 10 aromatic carbocycles. The number of fused-ring (bicyclic) bond motifs is 6. The molecule has 2 aromatic heterocycles. The van der Waals surface area contributed by atoms with E-state index in [2.05, 4.69) is 197 Å². The maximum Gasteiger partial charge on any atom is 0.123 e. The van der Waals surface area contributed by atoms with Gasteiger partial charge >= 0.3 is 0 Å². The molecule has 4 heteroatoms. The second-order valence-corrected chi connectivity index (χ2v) is 16.6. The Kier molecular flexibility index (Phi) is 9.07. The number of hydrogen-bond donors (Lipinski definition) is 0. The van der Waals surface area contributed by atoms with E-state index < -0.39 is 0 Å². The highest BCUT2D eigenvalue weighted by Gasteiger charge is 2.24. The minimum Gasteiger partial charge on any atom is -0.308 e. The van der Waals surface area contributed by atoms with E-state index in [4.69, 9.17) is 0 Å². The molecule has 0 spiro atoms. The summed E-state index contributed by atoms with van der Waals surface area (Å²) in [7, 11) is 0. The summed E-state index contributed by atoms with van der Waals surface area (Å²) < 4.78 is 19.1. The molecule has 0 bridgehead atoms. The van der Waals surface area contributed by atoms with Crippen molar-refractivity contribution in [3.63, 3.8) is 0 Å². The third-order valence-electron chi connectivity index (χ3n) is 12.8. The van der Waals surface area contributed by atoms with Gasteiger partial charge in [-0.3, -0.25) is 0 Å². The van der Waals surface area contributed by atoms with Crippen LogP contribution < -0.4 is 0 Å². The number of aromatic nitrogens is 2. The van der Waals surface area contributed by atoms with Crippen LogP contribution in [-0.2, 0) is 0 Å². The Labute approximate surface area is 375 Å². The first-order valence-corrected chi connectivity index (χ1v) is 21.8. The van der Waals surface area contributed by atoms with E-state index in [0.717, 1.165) is 111 Å². The van der Waals surface area contributed by atoms with E-state index in [1.807, 2.05) is 36.4 Å². The monoisotopic (exact) mass is 831 g/mol. The Balaban J connectivity index is 1.18. The van der Waals surface area contributed by atoms with Gasteiger partial charge in [-0.1, -0.05) is 158 Å². The minimum absolute atomic E-state index is 0.306.